The molecule has 0 saturated heterocycles. The highest BCUT2D eigenvalue weighted by Gasteiger charge is 2.25. The van der Waals surface area contributed by atoms with Gasteiger partial charge in [-0.15, -0.1) is 0 Å². The summed E-state index contributed by atoms with van der Waals surface area (Å²) in [7, 11) is 0. The van der Waals surface area contributed by atoms with E-state index in [4.69, 9.17) is 15.0 Å². The van der Waals surface area contributed by atoms with Gasteiger partial charge in [0.1, 0.15) is 0 Å². The lowest BCUT2D eigenvalue weighted by atomic mass is 9.77. The lowest BCUT2D eigenvalue weighted by molar-refractivity contribution is 0.639. The number of rotatable bonds is 8. The van der Waals surface area contributed by atoms with Crippen molar-refractivity contribution in [1.29, 1.82) is 0 Å². The molecule has 0 unspecified atom stereocenters. The topological polar surface area (TPSA) is 38.7 Å². The molecule has 0 bridgehead atoms. The van der Waals surface area contributed by atoms with Crippen LogP contribution >= 0.6 is 0 Å². The van der Waals surface area contributed by atoms with Gasteiger partial charge in [-0.1, -0.05) is 184 Å². The monoisotopic (exact) mass is 671 g/mol. The summed E-state index contributed by atoms with van der Waals surface area (Å²) >= 11 is 0. The standard InChI is InChI=1S/C49H41N3/c1-49(2,44-23-13-20-37(28-31-44)43-22-12-21-42(34-43)36-16-8-4-9-17-36)45-32-29-41(30-33-45)48-51-46(39-18-10-5-11-19-39)50-47(52-48)40-26-24-38(25-27-40)35-14-6-3-7-15-35/h3-4,6-10,12-19,21-34H,5,11,20H2,1-2H3. The largest absolute Gasteiger partial charge is 0.208 e. The van der Waals surface area contributed by atoms with Crippen molar-refractivity contribution in [2.24, 2.45) is 0 Å². The summed E-state index contributed by atoms with van der Waals surface area (Å²) < 4.78 is 0. The maximum atomic E-state index is 5.02. The molecule has 2 aliphatic carbocycles. The van der Waals surface area contributed by atoms with Gasteiger partial charge in [0.15, 0.2) is 17.5 Å². The average Bonchev–Trinajstić information content (AvgIpc) is 3.49. The van der Waals surface area contributed by atoms with Crippen LogP contribution in [0.2, 0.25) is 0 Å². The molecule has 0 N–H and O–H groups in total. The van der Waals surface area contributed by atoms with Gasteiger partial charge in [-0.2, -0.15) is 0 Å². The van der Waals surface area contributed by atoms with Gasteiger partial charge in [0.2, 0.25) is 0 Å². The molecule has 3 heteroatoms. The van der Waals surface area contributed by atoms with Crippen LogP contribution < -0.4 is 0 Å². The summed E-state index contributed by atoms with van der Waals surface area (Å²) in [6, 6.07) is 47.1. The second-order valence-electron chi connectivity index (χ2n) is 14.0. The van der Waals surface area contributed by atoms with Gasteiger partial charge in [0, 0.05) is 22.1 Å². The summed E-state index contributed by atoms with van der Waals surface area (Å²) in [6.45, 7) is 4.60. The lowest BCUT2D eigenvalue weighted by Crippen LogP contribution is -2.19. The minimum absolute atomic E-state index is 0.208. The molecule has 0 aliphatic heterocycles. The smallest absolute Gasteiger partial charge is 0.164 e. The van der Waals surface area contributed by atoms with Gasteiger partial charge in [0.05, 0.1) is 0 Å². The Balaban J connectivity index is 1.08. The molecule has 1 aromatic heterocycles. The fraction of sp³-hybridized carbons (Fsp3) is 0.122. The van der Waals surface area contributed by atoms with Gasteiger partial charge in [-0.25, -0.2) is 15.0 Å². The zero-order valence-corrected chi connectivity index (χ0v) is 29.7. The molecule has 5 aromatic carbocycles. The molecule has 6 aromatic rings. The molecule has 0 atom stereocenters. The predicted octanol–water partition coefficient (Wildman–Crippen LogP) is 12.5. The average molecular weight is 672 g/mol. The number of benzene rings is 5. The van der Waals surface area contributed by atoms with Gasteiger partial charge in [-0.05, 0) is 69.9 Å². The molecule has 0 spiro atoms. The highest BCUT2D eigenvalue weighted by Crippen LogP contribution is 2.36. The first-order valence-corrected chi connectivity index (χ1v) is 18.1. The molecule has 0 fully saturated rings. The van der Waals surface area contributed by atoms with Crippen molar-refractivity contribution in [3.63, 3.8) is 0 Å². The minimum atomic E-state index is -0.208. The van der Waals surface area contributed by atoms with E-state index in [2.05, 4.69) is 184 Å². The van der Waals surface area contributed by atoms with Crippen LogP contribution in [0.4, 0.5) is 0 Å². The normalized spacial score (nSPS) is 14.3. The summed E-state index contributed by atoms with van der Waals surface area (Å²) in [4.78, 5) is 15.0. The van der Waals surface area contributed by atoms with Crippen LogP contribution in [-0.4, -0.2) is 15.0 Å². The highest BCUT2D eigenvalue weighted by molar-refractivity contribution is 5.76. The first kappa shape index (κ1) is 33.0. The summed E-state index contributed by atoms with van der Waals surface area (Å²) in [5.41, 5.74) is 12.7. The number of hydrogen-bond donors (Lipinski definition) is 0. The fourth-order valence-electron chi connectivity index (χ4n) is 6.97. The van der Waals surface area contributed by atoms with Crippen molar-refractivity contribution in [3.05, 3.63) is 199 Å². The van der Waals surface area contributed by atoms with Gasteiger partial charge >= 0.3 is 0 Å². The molecular weight excluding hydrogens is 631 g/mol. The van der Waals surface area contributed by atoms with Crippen LogP contribution in [0.25, 0.3) is 56.2 Å². The molecule has 1 heterocycles. The molecule has 3 nitrogen and oxygen atoms in total. The van der Waals surface area contributed by atoms with E-state index in [-0.39, 0.29) is 5.41 Å². The van der Waals surface area contributed by atoms with Gasteiger partial charge in [0.25, 0.3) is 0 Å². The minimum Gasteiger partial charge on any atom is -0.208 e. The second-order valence-corrected chi connectivity index (χ2v) is 14.0. The quantitative estimate of drug-likeness (QED) is 0.162. The van der Waals surface area contributed by atoms with E-state index in [9.17, 15) is 0 Å². The highest BCUT2D eigenvalue weighted by atomic mass is 15.0. The molecule has 0 radical (unpaired) electrons. The number of allylic oxidation sites excluding steroid dienone is 10. The number of aromatic nitrogens is 3. The van der Waals surface area contributed by atoms with E-state index in [1.807, 2.05) is 6.07 Å². The molecule has 2 aliphatic rings. The number of nitrogens with zero attached hydrogens (tertiary/aromatic N) is 3. The lowest BCUT2D eigenvalue weighted by Gasteiger charge is -2.27. The second kappa shape index (κ2) is 14.6. The fourth-order valence-corrected chi connectivity index (χ4v) is 6.97. The Hall–Kier alpha value is -6.19. The van der Waals surface area contributed by atoms with Crippen LogP contribution in [0.15, 0.2) is 182 Å². The maximum Gasteiger partial charge on any atom is 0.164 e. The third-order valence-corrected chi connectivity index (χ3v) is 10.2. The Morgan fingerprint density at radius 3 is 1.67 bits per heavy atom. The van der Waals surface area contributed by atoms with E-state index in [0.29, 0.717) is 17.5 Å². The van der Waals surface area contributed by atoms with E-state index < -0.39 is 0 Å². The van der Waals surface area contributed by atoms with Crippen molar-refractivity contribution >= 4 is 11.1 Å². The van der Waals surface area contributed by atoms with Gasteiger partial charge < -0.3 is 0 Å². The number of hydrogen-bond acceptors (Lipinski definition) is 3. The predicted molar refractivity (Wildman–Crippen MR) is 217 cm³/mol. The molecule has 0 saturated carbocycles. The van der Waals surface area contributed by atoms with E-state index in [1.54, 1.807) is 0 Å². The van der Waals surface area contributed by atoms with Crippen molar-refractivity contribution < 1.29 is 0 Å². The van der Waals surface area contributed by atoms with Crippen LogP contribution in [-0.2, 0) is 5.41 Å². The molecule has 52 heavy (non-hydrogen) atoms. The summed E-state index contributed by atoms with van der Waals surface area (Å²) in [6.07, 6.45) is 18.6. The maximum absolute atomic E-state index is 5.02. The first-order valence-electron chi connectivity index (χ1n) is 18.1. The summed E-state index contributed by atoms with van der Waals surface area (Å²) in [5, 5.41) is 0. The van der Waals surface area contributed by atoms with Gasteiger partial charge in [-0.3, -0.25) is 0 Å². The van der Waals surface area contributed by atoms with E-state index in [0.717, 1.165) is 41.5 Å². The Bertz CT molecular complexity index is 2360. The van der Waals surface area contributed by atoms with E-state index >= 15 is 0 Å². The van der Waals surface area contributed by atoms with Crippen molar-refractivity contribution in [2.75, 3.05) is 0 Å². The Morgan fingerprint density at radius 2 is 1.02 bits per heavy atom. The Labute approximate surface area is 307 Å². The van der Waals surface area contributed by atoms with Crippen LogP contribution in [0.5, 0.6) is 0 Å². The third-order valence-electron chi connectivity index (χ3n) is 10.2. The Kier molecular flexibility index (Phi) is 9.25. The van der Waals surface area contributed by atoms with Crippen LogP contribution in [0.3, 0.4) is 0 Å². The zero-order chi connectivity index (χ0) is 35.3. The molecule has 0 amide bonds. The molecular formula is C49H41N3. The molecule has 8 rings (SSSR count). The van der Waals surface area contributed by atoms with Crippen molar-refractivity contribution in [1.82, 2.24) is 15.0 Å². The Morgan fingerprint density at radius 1 is 0.462 bits per heavy atom. The van der Waals surface area contributed by atoms with Crippen LogP contribution in [0.1, 0.15) is 50.1 Å². The first-order chi connectivity index (χ1) is 25.5. The van der Waals surface area contributed by atoms with Crippen LogP contribution in [0, 0.1) is 0 Å². The zero-order valence-electron chi connectivity index (χ0n) is 29.7. The SMILES string of the molecule is CC(C)(C1=CC=C(c2cccc(-c3ccccc3)c2)CC=C1)c1ccc(-c2nc(C3=CCCC=C3)nc(-c3ccc(-c4ccccc4)cc3)n2)cc1. The van der Waals surface area contributed by atoms with Crippen molar-refractivity contribution in [3.8, 4) is 45.0 Å². The van der Waals surface area contributed by atoms with Crippen molar-refractivity contribution in [2.45, 2.75) is 38.5 Å². The summed E-state index contributed by atoms with van der Waals surface area (Å²) in [5.74, 6) is 2.06. The van der Waals surface area contributed by atoms with E-state index in [1.165, 1.54) is 39.0 Å². The third kappa shape index (κ3) is 7.04. The molecule has 252 valence electrons.